The lowest BCUT2D eigenvalue weighted by Gasteiger charge is -2.18. The van der Waals surface area contributed by atoms with E-state index in [9.17, 15) is 4.79 Å². The predicted octanol–water partition coefficient (Wildman–Crippen LogP) is 4.11. The molecule has 2 N–H and O–H groups in total. The summed E-state index contributed by atoms with van der Waals surface area (Å²) in [7, 11) is 3.14. The van der Waals surface area contributed by atoms with Crippen LogP contribution in [0.4, 0.5) is 10.5 Å². The number of rotatable bonds is 5. The monoisotopic (exact) mass is 359 g/mol. The van der Waals surface area contributed by atoms with E-state index >= 15 is 0 Å². The quantitative estimate of drug-likeness (QED) is 0.841. The maximum atomic E-state index is 12.2. The molecule has 0 aliphatic rings. The molecule has 0 aliphatic heterocycles. The first-order valence-corrected chi connectivity index (χ1v) is 7.85. The predicted molar refractivity (Wildman–Crippen MR) is 96.3 cm³/mol. The summed E-state index contributed by atoms with van der Waals surface area (Å²) in [6, 6.07) is 11.3. The first-order valence-electron chi connectivity index (χ1n) is 7.47. The molecule has 0 aromatic heterocycles. The number of carbonyl (C=O) groups excluding carboxylic acids is 1. The maximum Gasteiger partial charge on any atom is 0.319 e. The molecule has 1 atom stereocenters. The number of hydrogen-bond donors (Lipinski definition) is 2. The smallest absolute Gasteiger partial charge is 0.319 e. The van der Waals surface area contributed by atoms with Crippen molar-refractivity contribution in [2.24, 2.45) is 0 Å². The highest BCUT2D eigenvalue weighted by molar-refractivity contribution is 6.32. The molecular weight excluding hydrogens is 342 g/mol. The molecule has 7 heteroatoms. The minimum Gasteiger partial charge on any atom is -0.497 e. The molecule has 2 aromatic carbocycles. The van der Waals surface area contributed by atoms with Gasteiger partial charge in [0.25, 0.3) is 0 Å². The van der Waals surface area contributed by atoms with Gasteiger partial charge in [-0.25, -0.2) is 4.79 Å². The van der Waals surface area contributed by atoms with Crippen LogP contribution >= 0.6 is 11.6 Å². The van der Waals surface area contributed by atoms with Crippen LogP contribution in [0.1, 0.15) is 24.1 Å². The van der Waals surface area contributed by atoms with Gasteiger partial charge in [-0.1, -0.05) is 11.6 Å². The number of urea groups is 1. The Bertz CT molecular complexity index is 818. The number of carbonyl (C=O) groups is 1. The third-order valence-corrected chi connectivity index (χ3v) is 3.91. The van der Waals surface area contributed by atoms with Crippen LogP contribution < -0.4 is 20.1 Å². The zero-order valence-electron chi connectivity index (χ0n) is 14.1. The molecule has 0 radical (unpaired) electrons. The van der Waals surface area contributed by atoms with E-state index in [0.29, 0.717) is 22.7 Å². The van der Waals surface area contributed by atoms with Gasteiger partial charge in [0.15, 0.2) is 0 Å². The fourth-order valence-corrected chi connectivity index (χ4v) is 2.53. The fourth-order valence-electron chi connectivity index (χ4n) is 2.30. The SMILES string of the molecule is COc1ccc(OC)c(C(C)NC(=O)Nc2ccc(C#N)c(Cl)c2)c1. The van der Waals surface area contributed by atoms with Gasteiger partial charge in [0.05, 0.1) is 30.8 Å². The summed E-state index contributed by atoms with van der Waals surface area (Å²) >= 11 is 5.96. The highest BCUT2D eigenvalue weighted by Crippen LogP contribution is 2.29. The first kappa shape index (κ1) is 18.4. The molecular formula is C18H18ClN3O3. The Morgan fingerprint density at radius 1 is 1.20 bits per heavy atom. The number of ether oxygens (including phenoxy) is 2. The van der Waals surface area contributed by atoms with Crippen molar-refractivity contribution < 1.29 is 14.3 Å². The van der Waals surface area contributed by atoms with Crippen molar-refractivity contribution in [3.05, 3.63) is 52.5 Å². The number of methoxy groups -OCH3 is 2. The molecule has 2 amide bonds. The minimum atomic E-state index is -0.404. The number of nitrogens with zero attached hydrogens (tertiary/aromatic N) is 1. The van der Waals surface area contributed by atoms with Crippen LogP contribution in [0.3, 0.4) is 0 Å². The van der Waals surface area contributed by atoms with Crippen molar-refractivity contribution in [3.63, 3.8) is 0 Å². The molecule has 2 rings (SSSR count). The Kier molecular flexibility index (Phi) is 6.09. The van der Waals surface area contributed by atoms with E-state index in [1.54, 1.807) is 38.5 Å². The molecule has 0 bridgehead atoms. The van der Waals surface area contributed by atoms with E-state index in [1.807, 2.05) is 19.1 Å². The number of anilines is 1. The van der Waals surface area contributed by atoms with Gasteiger partial charge in [-0.3, -0.25) is 0 Å². The standard InChI is InChI=1S/C18H18ClN3O3/c1-11(15-9-14(24-2)6-7-17(15)25-3)21-18(23)22-13-5-4-12(10-20)16(19)8-13/h4-9,11H,1-3H3,(H2,21,22,23). The van der Waals surface area contributed by atoms with E-state index < -0.39 is 6.03 Å². The van der Waals surface area contributed by atoms with Gasteiger partial charge in [-0.2, -0.15) is 5.26 Å². The zero-order chi connectivity index (χ0) is 18.4. The van der Waals surface area contributed by atoms with Crippen molar-refractivity contribution in [1.29, 1.82) is 5.26 Å². The molecule has 1 unspecified atom stereocenters. The summed E-state index contributed by atoms with van der Waals surface area (Å²) in [5.74, 6) is 1.32. The molecule has 0 aliphatic carbocycles. The number of nitriles is 1. The van der Waals surface area contributed by atoms with Crippen molar-refractivity contribution in [3.8, 4) is 17.6 Å². The lowest BCUT2D eigenvalue weighted by Crippen LogP contribution is -2.31. The van der Waals surface area contributed by atoms with Gasteiger partial charge in [0, 0.05) is 11.3 Å². The second kappa shape index (κ2) is 8.27. The first-order chi connectivity index (χ1) is 12.0. The third-order valence-electron chi connectivity index (χ3n) is 3.60. The molecule has 0 saturated carbocycles. The number of nitrogens with one attached hydrogen (secondary N) is 2. The lowest BCUT2D eigenvalue weighted by molar-refractivity contribution is 0.249. The average molecular weight is 360 g/mol. The van der Waals surface area contributed by atoms with Crippen LogP contribution in [-0.2, 0) is 0 Å². The van der Waals surface area contributed by atoms with Crippen LogP contribution in [0, 0.1) is 11.3 Å². The molecule has 130 valence electrons. The number of hydrogen-bond acceptors (Lipinski definition) is 4. The topological polar surface area (TPSA) is 83.4 Å². The van der Waals surface area contributed by atoms with E-state index in [-0.39, 0.29) is 11.1 Å². The largest absolute Gasteiger partial charge is 0.497 e. The second-order valence-corrected chi connectivity index (χ2v) is 5.64. The second-order valence-electron chi connectivity index (χ2n) is 5.23. The van der Waals surface area contributed by atoms with Crippen LogP contribution in [0.25, 0.3) is 0 Å². The van der Waals surface area contributed by atoms with Gasteiger partial charge in [-0.05, 0) is 43.3 Å². The van der Waals surface area contributed by atoms with Crippen LogP contribution in [0.5, 0.6) is 11.5 Å². The highest BCUT2D eigenvalue weighted by atomic mass is 35.5. The Morgan fingerprint density at radius 3 is 2.56 bits per heavy atom. The van der Waals surface area contributed by atoms with Crippen molar-refractivity contribution in [2.75, 3.05) is 19.5 Å². The molecule has 0 heterocycles. The van der Waals surface area contributed by atoms with Gasteiger partial charge >= 0.3 is 6.03 Å². The molecule has 0 spiro atoms. The summed E-state index contributed by atoms with van der Waals surface area (Å²) in [6.45, 7) is 1.84. The molecule has 25 heavy (non-hydrogen) atoms. The summed E-state index contributed by atoms with van der Waals surface area (Å²) in [5, 5.41) is 14.7. The van der Waals surface area contributed by atoms with Crippen molar-refractivity contribution in [2.45, 2.75) is 13.0 Å². The van der Waals surface area contributed by atoms with Gasteiger partial charge < -0.3 is 20.1 Å². The Hall–Kier alpha value is -2.91. The summed E-state index contributed by atoms with van der Waals surface area (Å²) < 4.78 is 10.5. The number of amides is 2. The maximum absolute atomic E-state index is 12.2. The van der Waals surface area contributed by atoms with E-state index in [0.717, 1.165) is 5.56 Å². The van der Waals surface area contributed by atoms with E-state index in [2.05, 4.69) is 10.6 Å². The molecule has 2 aromatic rings. The summed E-state index contributed by atoms with van der Waals surface area (Å²) in [6.07, 6.45) is 0. The normalized spacial score (nSPS) is 11.2. The Balaban J connectivity index is 2.10. The summed E-state index contributed by atoms with van der Waals surface area (Å²) in [5.41, 5.74) is 1.63. The van der Waals surface area contributed by atoms with Gasteiger partial charge in [-0.15, -0.1) is 0 Å². The molecule has 6 nitrogen and oxygen atoms in total. The number of halogens is 1. The van der Waals surface area contributed by atoms with Crippen LogP contribution in [0.15, 0.2) is 36.4 Å². The summed E-state index contributed by atoms with van der Waals surface area (Å²) in [4.78, 5) is 12.2. The third kappa shape index (κ3) is 4.55. The Morgan fingerprint density at radius 2 is 1.96 bits per heavy atom. The van der Waals surface area contributed by atoms with Crippen molar-refractivity contribution in [1.82, 2.24) is 5.32 Å². The van der Waals surface area contributed by atoms with E-state index in [1.165, 1.54) is 6.07 Å². The fraction of sp³-hybridized carbons (Fsp3) is 0.222. The average Bonchev–Trinajstić information content (AvgIpc) is 2.61. The zero-order valence-corrected chi connectivity index (χ0v) is 14.8. The van der Waals surface area contributed by atoms with Gasteiger partial charge in [0.1, 0.15) is 17.6 Å². The lowest BCUT2D eigenvalue weighted by atomic mass is 10.1. The van der Waals surface area contributed by atoms with E-state index in [4.69, 9.17) is 26.3 Å². The van der Waals surface area contributed by atoms with Crippen LogP contribution in [-0.4, -0.2) is 20.3 Å². The Labute approximate surface area is 151 Å². The molecule has 0 fully saturated rings. The molecule has 0 saturated heterocycles. The minimum absolute atomic E-state index is 0.280. The van der Waals surface area contributed by atoms with Gasteiger partial charge in [0.2, 0.25) is 0 Å². The number of benzene rings is 2. The van der Waals surface area contributed by atoms with Crippen molar-refractivity contribution >= 4 is 23.3 Å². The van der Waals surface area contributed by atoms with Crippen LogP contribution in [0.2, 0.25) is 5.02 Å². The highest BCUT2D eigenvalue weighted by Gasteiger charge is 2.15.